The normalized spacial score (nSPS) is 10.3. The van der Waals surface area contributed by atoms with Gasteiger partial charge < -0.3 is 5.32 Å². The Morgan fingerprint density at radius 2 is 1.91 bits per heavy atom. The van der Waals surface area contributed by atoms with E-state index in [-0.39, 0.29) is 23.5 Å². The van der Waals surface area contributed by atoms with E-state index in [0.717, 1.165) is 27.3 Å². The molecule has 0 amide bonds. The maximum Gasteiger partial charge on any atom is 0.332 e. The molecule has 114 valence electrons. The number of hydrogen-bond donors (Lipinski definition) is 1. The van der Waals surface area contributed by atoms with Gasteiger partial charge in [0.1, 0.15) is 23.5 Å². The van der Waals surface area contributed by atoms with Crippen molar-refractivity contribution in [3.63, 3.8) is 0 Å². The summed E-state index contributed by atoms with van der Waals surface area (Å²) in [6, 6.07) is 4.66. The van der Waals surface area contributed by atoms with E-state index >= 15 is 0 Å². The van der Waals surface area contributed by atoms with Crippen molar-refractivity contribution in [2.24, 2.45) is 14.1 Å². The first-order chi connectivity index (χ1) is 10.4. The minimum absolute atomic E-state index is 0.0111. The zero-order valence-corrected chi connectivity index (χ0v) is 11.9. The van der Waals surface area contributed by atoms with Gasteiger partial charge in [-0.25, -0.2) is 13.6 Å². The highest BCUT2D eigenvalue weighted by Gasteiger charge is 2.15. The largest absolute Gasteiger partial charge is 0.366 e. The van der Waals surface area contributed by atoms with Crippen molar-refractivity contribution in [2.75, 3.05) is 5.32 Å². The SMILES string of the molecule is Cn1c(NCc2cc(F)ccc2F)c(C#N)c(=O)n(C)c1=O. The van der Waals surface area contributed by atoms with E-state index in [9.17, 15) is 18.4 Å². The molecular formula is C14H12F2N4O2. The third kappa shape index (κ3) is 2.61. The first-order valence-corrected chi connectivity index (χ1v) is 6.24. The van der Waals surface area contributed by atoms with Crippen molar-refractivity contribution < 1.29 is 8.78 Å². The molecule has 0 unspecified atom stereocenters. The first-order valence-electron chi connectivity index (χ1n) is 6.24. The van der Waals surface area contributed by atoms with Crippen LogP contribution in [0.4, 0.5) is 14.6 Å². The number of rotatable bonds is 3. The molecule has 0 saturated heterocycles. The Labute approximate surface area is 123 Å². The number of benzene rings is 1. The molecule has 0 fully saturated rings. The molecule has 8 heteroatoms. The van der Waals surface area contributed by atoms with Gasteiger partial charge in [-0.15, -0.1) is 0 Å². The summed E-state index contributed by atoms with van der Waals surface area (Å²) in [4.78, 5) is 23.7. The molecule has 0 atom stereocenters. The number of halogens is 2. The van der Waals surface area contributed by atoms with E-state index < -0.39 is 22.9 Å². The second kappa shape index (κ2) is 5.81. The van der Waals surface area contributed by atoms with Crippen LogP contribution in [-0.4, -0.2) is 9.13 Å². The van der Waals surface area contributed by atoms with Crippen LogP contribution in [0.25, 0.3) is 0 Å². The lowest BCUT2D eigenvalue weighted by Gasteiger charge is -2.14. The third-order valence-corrected chi connectivity index (χ3v) is 3.23. The van der Waals surface area contributed by atoms with Crippen molar-refractivity contribution >= 4 is 5.82 Å². The molecular weight excluding hydrogens is 294 g/mol. The van der Waals surface area contributed by atoms with Gasteiger partial charge in [0.2, 0.25) is 0 Å². The van der Waals surface area contributed by atoms with Gasteiger partial charge in [0.25, 0.3) is 5.56 Å². The van der Waals surface area contributed by atoms with Crippen molar-refractivity contribution in [1.82, 2.24) is 9.13 Å². The van der Waals surface area contributed by atoms with Gasteiger partial charge in [-0.1, -0.05) is 0 Å². The fourth-order valence-corrected chi connectivity index (χ4v) is 2.01. The summed E-state index contributed by atoms with van der Waals surface area (Å²) in [6.45, 7) is -0.182. The van der Waals surface area contributed by atoms with E-state index in [2.05, 4.69) is 5.32 Å². The van der Waals surface area contributed by atoms with E-state index in [1.54, 1.807) is 6.07 Å². The van der Waals surface area contributed by atoms with Crippen LogP contribution in [0.3, 0.4) is 0 Å². The smallest absolute Gasteiger partial charge is 0.332 e. The summed E-state index contributed by atoms with van der Waals surface area (Å²) in [5, 5.41) is 11.7. The quantitative estimate of drug-likeness (QED) is 0.911. The molecule has 0 aliphatic heterocycles. The molecule has 0 spiro atoms. The average molecular weight is 306 g/mol. The van der Waals surface area contributed by atoms with Crippen LogP contribution in [0.5, 0.6) is 0 Å². The number of nitrogens with zero attached hydrogens (tertiary/aromatic N) is 3. The molecule has 0 aliphatic carbocycles. The zero-order valence-electron chi connectivity index (χ0n) is 11.9. The van der Waals surface area contributed by atoms with Gasteiger partial charge in [0.05, 0.1) is 0 Å². The minimum atomic E-state index is -0.757. The van der Waals surface area contributed by atoms with Gasteiger partial charge in [0, 0.05) is 26.2 Å². The summed E-state index contributed by atoms with van der Waals surface area (Å²) in [5.41, 5.74) is -1.66. The van der Waals surface area contributed by atoms with Crippen LogP contribution in [0.15, 0.2) is 27.8 Å². The lowest BCUT2D eigenvalue weighted by molar-refractivity contribution is 0.587. The Hall–Kier alpha value is -2.95. The lowest BCUT2D eigenvalue weighted by atomic mass is 10.2. The number of hydrogen-bond acceptors (Lipinski definition) is 4. The molecule has 0 radical (unpaired) electrons. The fraction of sp³-hybridized carbons (Fsp3) is 0.214. The maximum atomic E-state index is 13.6. The molecule has 2 rings (SSSR count). The lowest BCUT2D eigenvalue weighted by Crippen LogP contribution is -2.39. The topological polar surface area (TPSA) is 79.8 Å². The summed E-state index contributed by atoms with van der Waals surface area (Å²) in [6.07, 6.45) is 0. The maximum absolute atomic E-state index is 13.6. The number of nitrogens with one attached hydrogen (secondary N) is 1. The van der Waals surface area contributed by atoms with Crippen LogP contribution in [-0.2, 0) is 20.6 Å². The molecule has 1 heterocycles. The van der Waals surface area contributed by atoms with Crippen LogP contribution in [0.1, 0.15) is 11.1 Å². The summed E-state index contributed by atoms with van der Waals surface area (Å²) >= 11 is 0. The van der Waals surface area contributed by atoms with Crippen molar-refractivity contribution in [3.05, 3.63) is 61.8 Å². The number of aromatic nitrogens is 2. The van der Waals surface area contributed by atoms with Crippen molar-refractivity contribution in [2.45, 2.75) is 6.54 Å². The minimum Gasteiger partial charge on any atom is -0.366 e. The van der Waals surface area contributed by atoms with Crippen molar-refractivity contribution in [3.8, 4) is 6.07 Å². The molecule has 0 bridgehead atoms. The van der Waals surface area contributed by atoms with Crippen LogP contribution in [0, 0.1) is 23.0 Å². The van der Waals surface area contributed by atoms with Gasteiger partial charge in [0.15, 0.2) is 5.56 Å². The Morgan fingerprint density at radius 3 is 2.55 bits per heavy atom. The van der Waals surface area contributed by atoms with E-state index in [1.165, 1.54) is 14.1 Å². The van der Waals surface area contributed by atoms with Gasteiger partial charge in [-0.3, -0.25) is 13.9 Å². The van der Waals surface area contributed by atoms with E-state index in [4.69, 9.17) is 5.26 Å². The average Bonchev–Trinajstić information content (AvgIpc) is 2.50. The Balaban J connectivity index is 2.47. The summed E-state index contributed by atoms with van der Waals surface area (Å²) in [7, 11) is 2.62. The predicted octanol–water partition coefficient (Wildman–Crippen LogP) is 0.846. The van der Waals surface area contributed by atoms with Crippen LogP contribution < -0.4 is 16.6 Å². The number of nitriles is 1. The van der Waals surface area contributed by atoms with Crippen LogP contribution >= 0.6 is 0 Å². The molecule has 0 saturated carbocycles. The number of anilines is 1. The summed E-state index contributed by atoms with van der Waals surface area (Å²) < 4.78 is 28.6. The molecule has 1 N–H and O–H groups in total. The fourth-order valence-electron chi connectivity index (χ4n) is 2.01. The second-order valence-corrected chi connectivity index (χ2v) is 4.63. The van der Waals surface area contributed by atoms with Gasteiger partial charge >= 0.3 is 5.69 Å². The van der Waals surface area contributed by atoms with Gasteiger partial charge in [-0.2, -0.15) is 5.26 Å². The second-order valence-electron chi connectivity index (χ2n) is 4.63. The van der Waals surface area contributed by atoms with E-state index in [0.29, 0.717) is 0 Å². The Morgan fingerprint density at radius 1 is 1.23 bits per heavy atom. The Kier molecular flexibility index (Phi) is 4.08. The van der Waals surface area contributed by atoms with E-state index in [1.807, 2.05) is 0 Å². The van der Waals surface area contributed by atoms with Gasteiger partial charge in [-0.05, 0) is 18.2 Å². The molecule has 1 aromatic carbocycles. The zero-order chi connectivity index (χ0) is 16.4. The molecule has 2 aromatic rings. The van der Waals surface area contributed by atoms with Crippen LogP contribution in [0.2, 0.25) is 0 Å². The van der Waals surface area contributed by atoms with Crippen molar-refractivity contribution in [1.29, 1.82) is 5.26 Å². The standard InChI is InChI=1S/C14H12F2N4O2/c1-19-12(10(6-17)13(21)20(2)14(19)22)18-7-8-5-9(15)3-4-11(8)16/h3-5,18H,7H2,1-2H3. The molecule has 1 aromatic heterocycles. The molecule has 0 aliphatic rings. The third-order valence-electron chi connectivity index (χ3n) is 3.23. The highest BCUT2D eigenvalue weighted by molar-refractivity contribution is 5.51. The monoisotopic (exact) mass is 306 g/mol. The highest BCUT2D eigenvalue weighted by atomic mass is 19.1. The predicted molar refractivity (Wildman–Crippen MR) is 75.3 cm³/mol. The first kappa shape index (κ1) is 15.4. The summed E-state index contributed by atoms with van der Waals surface area (Å²) in [5.74, 6) is -1.29. The highest BCUT2D eigenvalue weighted by Crippen LogP contribution is 2.13. The molecule has 6 nitrogen and oxygen atoms in total. The Bertz CT molecular complexity index is 893. The molecule has 22 heavy (non-hydrogen) atoms.